The van der Waals surface area contributed by atoms with E-state index in [1.165, 1.54) is 11.1 Å². The van der Waals surface area contributed by atoms with Crippen LogP contribution >= 0.6 is 0 Å². The van der Waals surface area contributed by atoms with E-state index >= 15 is 0 Å². The number of hydrogen-bond donors (Lipinski definition) is 2. The van der Waals surface area contributed by atoms with Gasteiger partial charge in [0.1, 0.15) is 11.2 Å². The molecule has 2 heterocycles. The molecule has 0 amide bonds. The van der Waals surface area contributed by atoms with Crippen molar-refractivity contribution < 1.29 is 0 Å². The number of aromatic nitrogens is 4. The topological polar surface area (TPSA) is 78.8 Å². The number of fused-ring (bicyclic) bond motifs is 1. The Bertz CT molecular complexity index is 1230. The molecule has 2 aromatic heterocycles. The van der Waals surface area contributed by atoms with E-state index < -0.39 is 0 Å². The molecule has 0 aliphatic heterocycles. The lowest BCUT2D eigenvalue weighted by Gasteiger charge is -2.32. The van der Waals surface area contributed by atoms with E-state index in [0.29, 0.717) is 17.6 Å². The van der Waals surface area contributed by atoms with Gasteiger partial charge in [0.15, 0.2) is 5.65 Å². The van der Waals surface area contributed by atoms with Gasteiger partial charge in [-0.25, -0.2) is 4.98 Å². The Labute approximate surface area is 194 Å². The number of benzene rings is 2. The first kappa shape index (κ1) is 22.9. The van der Waals surface area contributed by atoms with Crippen LogP contribution in [0.15, 0.2) is 65.6 Å². The molecule has 1 unspecified atom stereocenters. The van der Waals surface area contributed by atoms with Crippen molar-refractivity contribution in [3.05, 3.63) is 93.7 Å². The molecule has 33 heavy (non-hydrogen) atoms. The SMILES string of the molecule is CCC(c1nc2[nH]ncc2c(=O)n1Cc1ccccc1)N(CCNC)Cc1ccc(C)cc1. The van der Waals surface area contributed by atoms with Crippen molar-refractivity contribution in [2.75, 3.05) is 20.1 Å². The Hall–Kier alpha value is -3.29. The molecule has 7 nitrogen and oxygen atoms in total. The van der Waals surface area contributed by atoms with Gasteiger partial charge in [-0.1, -0.05) is 67.1 Å². The third kappa shape index (κ3) is 5.21. The van der Waals surface area contributed by atoms with E-state index in [1.807, 2.05) is 41.9 Å². The first-order chi connectivity index (χ1) is 16.1. The predicted octanol–water partition coefficient (Wildman–Crippen LogP) is 3.65. The highest BCUT2D eigenvalue weighted by atomic mass is 16.1. The fourth-order valence-electron chi connectivity index (χ4n) is 4.25. The number of hydrogen-bond acceptors (Lipinski definition) is 5. The highest BCUT2D eigenvalue weighted by molar-refractivity contribution is 5.72. The van der Waals surface area contributed by atoms with Crippen molar-refractivity contribution in [1.29, 1.82) is 0 Å². The third-order valence-electron chi connectivity index (χ3n) is 6.06. The zero-order valence-electron chi connectivity index (χ0n) is 19.6. The van der Waals surface area contributed by atoms with Gasteiger partial charge in [0.25, 0.3) is 5.56 Å². The van der Waals surface area contributed by atoms with E-state index in [-0.39, 0.29) is 11.6 Å². The molecular formula is C26H32N6O. The van der Waals surface area contributed by atoms with E-state index in [9.17, 15) is 4.79 Å². The van der Waals surface area contributed by atoms with Crippen LogP contribution in [-0.2, 0) is 13.1 Å². The maximum absolute atomic E-state index is 13.5. The molecule has 0 saturated heterocycles. The van der Waals surface area contributed by atoms with Crippen LogP contribution < -0.4 is 10.9 Å². The average molecular weight is 445 g/mol. The van der Waals surface area contributed by atoms with E-state index in [1.54, 1.807) is 6.20 Å². The third-order valence-corrected chi connectivity index (χ3v) is 6.06. The molecule has 172 valence electrons. The molecule has 4 rings (SSSR count). The van der Waals surface area contributed by atoms with E-state index in [0.717, 1.165) is 37.4 Å². The van der Waals surface area contributed by atoms with Crippen molar-refractivity contribution in [3.63, 3.8) is 0 Å². The Morgan fingerprint density at radius 2 is 1.85 bits per heavy atom. The lowest BCUT2D eigenvalue weighted by atomic mass is 10.1. The molecule has 0 aliphatic carbocycles. The van der Waals surface area contributed by atoms with E-state index in [2.05, 4.69) is 58.5 Å². The fraction of sp³-hybridized carbons (Fsp3) is 0.346. The normalized spacial score (nSPS) is 12.5. The summed E-state index contributed by atoms with van der Waals surface area (Å²) in [4.78, 5) is 20.8. The van der Waals surface area contributed by atoms with Gasteiger partial charge < -0.3 is 5.32 Å². The van der Waals surface area contributed by atoms with E-state index in [4.69, 9.17) is 4.98 Å². The maximum atomic E-state index is 13.5. The number of nitrogens with one attached hydrogen (secondary N) is 2. The summed E-state index contributed by atoms with van der Waals surface area (Å²) in [7, 11) is 1.96. The standard InChI is InChI=1S/C26H32N6O/c1-4-23(31(15-14-27-3)17-21-12-10-19(2)11-13-21)25-29-24-22(16-28-30-24)26(33)32(25)18-20-8-6-5-7-9-20/h5-13,16,23,27H,4,14-15,17-18H2,1-3H3,(H,28,30). The monoisotopic (exact) mass is 444 g/mol. The minimum atomic E-state index is -0.0602. The molecule has 0 aliphatic rings. The number of H-pyrrole nitrogens is 1. The van der Waals surface area contributed by atoms with Gasteiger partial charge in [0.05, 0.1) is 18.8 Å². The summed E-state index contributed by atoms with van der Waals surface area (Å²) in [6, 6.07) is 18.7. The predicted molar refractivity (Wildman–Crippen MR) is 132 cm³/mol. The quantitative estimate of drug-likeness (QED) is 0.390. The Morgan fingerprint density at radius 1 is 1.09 bits per heavy atom. The highest BCUT2D eigenvalue weighted by Gasteiger charge is 2.25. The molecule has 2 N–H and O–H groups in total. The summed E-state index contributed by atoms with van der Waals surface area (Å²) in [5, 5.41) is 10.8. The van der Waals surface area contributed by atoms with Crippen molar-refractivity contribution in [2.45, 2.75) is 39.4 Å². The zero-order valence-corrected chi connectivity index (χ0v) is 19.6. The average Bonchev–Trinajstić information content (AvgIpc) is 3.31. The summed E-state index contributed by atoms with van der Waals surface area (Å²) < 4.78 is 1.82. The van der Waals surface area contributed by atoms with Gasteiger partial charge in [0, 0.05) is 19.6 Å². The molecule has 0 radical (unpaired) electrons. The molecule has 1 atom stereocenters. The van der Waals surface area contributed by atoms with Crippen molar-refractivity contribution in [3.8, 4) is 0 Å². The van der Waals surface area contributed by atoms with Crippen LogP contribution in [-0.4, -0.2) is 44.8 Å². The summed E-state index contributed by atoms with van der Waals surface area (Å²) in [5.74, 6) is 0.770. The molecule has 0 saturated carbocycles. The number of aryl methyl sites for hydroxylation is 1. The summed E-state index contributed by atoms with van der Waals surface area (Å²) in [6.07, 6.45) is 2.40. The minimum absolute atomic E-state index is 0.0243. The van der Waals surface area contributed by atoms with Crippen molar-refractivity contribution in [2.24, 2.45) is 0 Å². The second-order valence-corrected chi connectivity index (χ2v) is 8.46. The lowest BCUT2D eigenvalue weighted by Crippen LogP contribution is -2.38. The molecule has 0 spiro atoms. The number of likely N-dealkylation sites (N-methyl/N-ethyl adjacent to an activating group) is 1. The molecule has 4 aromatic rings. The van der Waals surface area contributed by atoms with Crippen LogP contribution in [0, 0.1) is 6.92 Å². The van der Waals surface area contributed by atoms with Gasteiger partial charge in [-0.3, -0.25) is 19.4 Å². The molecule has 0 bridgehead atoms. The lowest BCUT2D eigenvalue weighted by molar-refractivity contribution is 0.172. The van der Waals surface area contributed by atoms with Crippen molar-refractivity contribution in [1.82, 2.24) is 30.0 Å². The number of rotatable bonds is 10. The first-order valence-corrected chi connectivity index (χ1v) is 11.5. The fourth-order valence-corrected chi connectivity index (χ4v) is 4.25. The summed E-state index contributed by atoms with van der Waals surface area (Å²) in [5.41, 5.74) is 4.04. The maximum Gasteiger partial charge on any atom is 0.265 e. The molecule has 2 aromatic carbocycles. The van der Waals surface area contributed by atoms with Crippen LogP contribution in [0.25, 0.3) is 11.0 Å². The zero-order chi connectivity index (χ0) is 23.2. The van der Waals surface area contributed by atoms with Gasteiger partial charge in [0.2, 0.25) is 0 Å². The Balaban J connectivity index is 1.78. The first-order valence-electron chi connectivity index (χ1n) is 11.5. The molecular weight excluding hydrogens is 412 g/mol. The second kappa shape index (κ2) is 10.6. The van der Waals surface area contributed by atoms with Gasteiger partial charge in [-0.2, -0.15) is 5.10 Å². The van der Waals surface area contributed by atoms with Gasteiger partial charge in [-0.15, -0.1) is 0 Å². The van der Waals surface area contributed by atoms with Crippen LogP contribution in [0.1, 0.15) is 41.9 Å². The summed E-state index contributed by atoms with van der Waals surface area (Å²) >= 11 is 0. The Kier molecular flexibility index (Phi) is 7.32. The van der Waals surface area contributed by atoms with Gasteiger partial charge in [-0.05, 0) is 31.5 Å². The minimum Gasteiger partial charge on any atom is -0.318 e. The molecule has 7 heteroatoms. The molecule has 0 fully saturated rings. The number of aromatic amines is 1. The largest absolute Gasteiger partial charge is 0.318 e. The second-order valence-electron chi connectivity index (χ2n) is 8.46. The highest BCUT2D eigenvalue weighted by Crippen LogP contribution is 2.25. The van der Waals surface area contributed by atoms with Crippen molar-refractivity contribution >= 4 is 11.0 Å². The van der Waals surface area contributed by atoms with Crippen LogP contribution in [0.2, 0.25) is 0 Å². The summed E-state index contributed by atoms with van der Waals surface area (Å²) in [6.45, 7) is 7.20. The Morgan fingerprint density at radius 3 is 2.55 bits per heavy atom. The smallest absolute Gasteiger partial charge is 0.265 e. The van der Waals surface area contributed by atoms with Gasteiger partial charge >= 0.3 is 0 Å². The van der Waals surface area contributed by atoms with Crippen LogP contribution in [0.4, 0.5) is 0 Å². The van der Waals surface area contributed by atoms with Crippen LogP contribution in [0.3, 0.4) is 0 Å². The van der Waals surface area contributed by atoms with Crippen LogP contribution in [0.5, 0.6) is 0 Å². The number of nitrogens with zero attached hydrogens (tertiary/aromatic N) is 4.